The van der Waals surface area contributed by atoms with Gasteiger partial charge in [0.1, 0.15) is 11.5 Å². The Morgan fingerprint density at radius 3 is 2.79 bits per heavy atom. The van der Waals surface area contributed by atoms with Crippen LogP contribution in [0.1, 0.15) is 23.2 Å². The van der Waals surface area contributed by atoms with E-state index in [-0.39, 0.29) is 11.9 Å². The molecule has 1 fully saturated rings. The van der Waals surface area contributed by atoms with E-state index in [1.807, 2.05) is 0 Å². The van der Waals surface area contributed by atoms with Gasteiger partial charge in [-0.25, -0.2) is 0 Å². The van der Waals surface area contributed by atoms with Crippen LogP contribution in [0, 0.1) is 0 Å². The second-order valence-electron chi connectivity index (χ2n) is 4.72. The Morgan fingerprint density at radius 1 is 1.37 bits per heavy atom. The number of likely N-dealkylation sites (tertiary alicyclic amines) is 1. The number of nitrogens with zero attached hydrogens (tertiary/aromatic N) is 1. The quantitative estimate of drug-likeness (QED) is 0.893. The highest BCUT2D eigenvalue weighted by Gasteiger charge is 2.24. The van der Waals surface area contributed by atoms with Crippen molar-refractivity contribution in [2.24, 2.45) is 5.73 Å². The molecule has 1 aliphatic heterocycles. The zero-order valence-electron chi connectivity index (χ0n) is 11.4. The number of carbonyl (C=O) groups excluding carboxylic acids is 1. The lowest BCUT2D eigenvalue weighted by molar-refractivity contribution is 0.0705. The standard InChI is InChI=1S/C14H20N2O3/c1-18-11-5-6-12(13(8-11)19-2)14(17)16-7-3-4-10(15)9-16/h5-6,8,10H,3-4,7,9,15H2,1-2H3. The Morgan fingerprint density at radius 2 is 2.16 bits per heavy atom. The van der Waals surface area contributed by atoms with Crippen molar-refractivity contribution in [1.29, 1.82) is 0 Å². The van der Waals surface area contributed by atoms with Crippen LogP contribution in [0.2, 0.25) is 0 Å². The summed E-state index contributed by atoms with van der Waals surface area (Å²) in [7, 11) is 3.13. The summed E-state index contributed by atoms with van der Waals surface area (Å²) in [5.41, 5.74) is 6.47. The van der Waals surface area contributed by atoms with Gasteiger partial charge in [0.15, 0.2) is 0 Å². The Bertz CT molecular complexity index is 462. The molecule has 1 saturated heterocycles. The predicted octanol–water partition coefficient (Wildman–Crippen LogP) is 1.27. The molecule has 1 aromatic rings. The number of carbonyl (C=O) groups is 1. The van der Waals surface area contributed by atoms with Gasteiger partial charge < -0.3 is 20.1 Å². The van der Waals surface area contributed by atoms with Gasteiger partial charge in [-0.3, -0.25) is 4.79 Å². The van der Waals surface area contributed by atoms with Crippen LogP contribution in [0.15, 0.2) is 18.2 Å². The van der Waals surface area contributed by atoms with E-state index in [0.717, 1.165) is 19.4 Å². The van der Waals surface area contributed by atoms with Gasteiger partial charge in [-0.1, -0.05) is 0 Å². The maximum absolute atomic E-state index is 12.5. The summed E-state index contributed by atoms with van der Waals surface area (Å²) >= 11 is 0. The smallest absolute Gasteiger partial charge is 0.257 e. The van der Waals surface area contributed by atoms with Crippen LogP contribution in [0.25, 0.3) is 0 Å². The van der Waals surface area contributed by atoms with Gasteiger partial charge in [-0.15, -0.1) is 0 Å². The summed E-state index contributed by atoms with van der Waals surface area (Å²) in [5.74, 6) is 1.17. The molecule has 1 unspecified atom stereocenters. The van der Waals surface area contributed by atoms with Gasteiger partial charge >= 0.3 is 0 Å². The molecule has 5 heteroatoms. The molecule has 0 bridgehead atoms. The third-order valence-corrected chi connectivity index (χ3v) is 3.38. The molecule has 0 radical (unpaired) electrons. The van der Waals surface area contributed by atoms with Crippen molar-refractivity contribution < 1.29 is 14.3 Å². The second-order valence-corrected chi connectivity index (χ2v) is 4.72. The van der Waals surface area contributed by atoms with Gasteiger partial charge in [0.05, 0.1) is 19.8 Å². The van der Waals surface area contributed by atoms with Crippen molar-refractivity contribution in [3.63, 3.8) is 0 Å². The summed E-state index contributed by atoms with van der Waals surface area (Å²) < 4.78 is 10.4. The second kappa shape index (κ2) is 5.93. The van der Waals surface area contributed by atoms with E-state index in [0.29, 0.717) is 23.6 Å². The van der Waals surface area contributed by atoms with Crippen LogP contribution < -0.4 is 15.2 Å². The molecule has 1 aromatic carbocycles. The lowest BCUT2D eigenvalue weighted by atomic mass is 10.0. The Hall–Kier alpha value is -1.75. The minimum absolute atomic E-state index is 0.0327. The van der Waals surface area contributed by atoms with Crippen molar-refractivity contribution in [3.05, 3.63) is 23.8 Å². The lowest BCUT2D eigenvalue weighted by Crippen LogP contribution is -2.45. The fourth-order valence-corrected chi connectivity index (χ4v) is 2.34. The van der Waals surface area contributed by atoms with E-state index >= 15 is 0 Å². The first-order chi connectivity index (χ1) is 9.15. The predicted molar refractivity (Wildman–Crippen MR) is 72.7 cm³/mol. The molecule has 104 valence electrons. The SMILES string of the molecule is COc1ccc(C(=O)N2CCCC(N)C2)c(OC)c1. The number of benzene rings is 1. The molecule has 1 amide bonds. The maximum atomic E-state index is 12.5. The van der Waals surface area contributed by atoms with Crippen LogP contribution in [0.4, 0.5) is 0 Å². The summed E-state index contributed by atoms with van der Waals surface area (Å²) in [4.78, 5) is 14.3. The molecule has 0 aliphatic carbocycles. The van der Waals surface area contributed by atoms with Gasteiger partial charge in [-0.2, -0.15) is 0 Å². The van der Waals surface area contributed by atoms with Crippen LogP contribution in [-0.4, -0.2) is 44.2 Å². The van der Waals surface area contributed by atoms with E-state index in [1.54, 1.807) is 37.3 Å². The fourth-order valence-electron chi connectivity index (χ4n) is 2.34. The fraction of sp³-hybridized carbons (Fsp3) is 0.500. The number of rotatable bonds is 3. The van der Waals surface area contributed by atoms with Crippen LogP contribution in [0.3, 0.4) is 0 Å². The van der Waals surface area contributed by atoms with Gasteiger partial charge in [0, 0.05) is 25.2 Å². The monoisotopic (exact) mass is 264 g/mol. The molecule has 1 heterocycles. The first-order valence-corrected chi connectivity index (χ1v) is 6.42. The van der Waals surface area contributed by atoms with E-state index in [9.17, 15) is 4.79 Å². The van der Waals surface area contributed by atoms with Gasteiger partial charge in [-0.05, 0) is 25.0 Å². The Labute approximate surface area is 113 Å². The van der Waals surface area contributed by atoms with Crippen molar-refractivity contribution in [2.75, 3.05) is 27.3 Å². The lowest BCUT2D eigenvalue weighted by Gasteiger charge is -2.31. The first kappa shape index (κ1) is 13.7. The highest BCUT2D eigenvalue weighted by molar-refractivity contribution is 5.97. The van der Waals surface area contributed by atoms with Crippen molar-refractivity contribution in [2.45, 2.75) is 18.9 Å². The molecule has 19 heavy (non-hydrogen) atoms. The van der Waals surface area contributed by atoms with Crippen molar-refractivity contribution in [1.82, 2.24) is 4.90 Å². The van der Waals surface area contributed by atoms with Gasteiger partial charge in [0.2, 0.25) is 0 Å². The zero-order chi connectivity index (χ0) is 13.8. The molecule has 5 nitrogen and oxygen atoms in total. The molecule has 0 saturated carbocycles. The number of hydrogen-bond donors (Lipinski definition) is 1. The number of ether oxygens (including phenoxy) is 2. The molecule has 2 N–H and O–H groups in total. The Kier molecular flexibility index (Phi) is 4.27. The van der Waals surface area contributed by atoms with Gasteiger partial charge in [0.25, 0.3) is 5.91 Å². The number of methoxy groups -OCH3 is 2. The van der Waals surface area contributed by atoms with Crippen molar-refractivity contribution >= 4 is 5.91 Å². The number of amides is 1. The maximum Gasteiger partial charge on any atom is 0.257 e. The third-order valence-electron chi connectivity index (χ3n) is 3.38. The summed E-state index contributed by atoms with van der Waals surface area (Å²) in [6, 6.07) is 5.29. The molecular formula is C14H20N2O3. The van der Waals surface area contributed by atoms with E-state index in [4.69, 9.17) is 15.2 Å². The normalized spacial score (nSPS) is 19.1. The molecule has 2 rings (SSSR count). The van der Waals surface area contributed by atoms with Crippen LogP contribution >= 0.6 is 0 Å². The summed E-state index contributed by atoms with van der Waals surface area (Å²) in [5, 5.41) is 0. The average Bonchev–Trinajstić information content (AvgIpc) is 2.45. The average molecular weight is 264 g/mol. The van der Waals surface area contributed by atoms with E-state index in [1.165, 1.54) is 0 Å². The first-order valence-electron chi connectivity index (χ1n) is 6.42. The minimum Gasteiger partial charge on any atom is -0.497 e. The van der Waals surface area contributed by atoms with E-state index in [2.05, 4.69) is 0 Å². The zero-order valence-corrected chi connectivity index (χ0v) is 11.4. The largest absolute Gasteiger partial charge is 0.497 e. The highest BCUT2D eigenvalue weighted by atomic mass is 16.5. The Balaban J connectivity index is 2.22. The molecule has 0 aromatic heterocycles. The van der Waals surface area contributed by atoms with Crippen molar-refractivity contribution in [3.8, 4) is 11.5 Å². The molecule has 1 aliphatic rings. The van der Waals surface area contributed by atoms with Crippen LogP contribution in [-0.2, 0) is 0 Å². The molecule has 0 spiro atoms. The number of piperidine rings is 1. The summed E-state index contributed by atoms with van der Waals surface area (Å²) in [6.45, 7) is 1.36. The molecule has 1 atom stereocenters. The highest BCUT2D eigenvalue weighted by Crippen LogP contribution is 2.26. The van der Waals surface area contributed by atoms with Crippen LogP contribution in [0.5, 0.6) is 11.5 Å². The number of nitrogens with two attached hydrogens (primary N) is 1. The minimum atomic E-state index is -0.0327. The van der Waals surface area contributed by atoms with E-state index < -0.39 is 0 Å². The topological polar surface area (TPSA) is 64.8 Å². The number of hydrogen-bond acceptors (Lipinski definition) is 4. The summed E-state index contributed by atoms with van der Waals surface area (Å²) in [6.07, 6.45) is 1.93. The third kappa shape index (κ3) is 2.98. The molecular weight excluding hydrogens is 244 g/mol.